The molecule has 5 nitrogen and oxygen atoms in total. The van der Waals surface area contributed by atoms with Crippen molar-refractivity contribution in [2.75, 3.05) is 13.1 Å². The van der Waals surface area contributed by atoms with Gasteiger partial charge in [-0.15, -0.1) is 11.3 Å². The van der Waals surface area contributed by atoms with E-state index in [1.807, 2.05) is 41.3 Å². The Balaban J connectivity index is 1.61. The summed E-state index contributed by atoms with van der Waals surface area (Å²) in [6, 6.07) is 11.9. The summed E-state index contributed by atoms with van der Waals surface area (Å²) in [6.07, 6.45) is 5.94. The van der Waals surface area contributed by atoms with Gasteiger partial charge in [-0.3, -0.25) is 14.2 Å². The van der Waals surface area contributed by atoms with E-state index < -0.39 is 0 Å². The van der Waals surface area contributed by atoms with Crippen molar-refractivity contribution in [1.82, 2.24) is 14.5 Å². The second-order valence-electron chi connectivity index (χ2n) is 6.66. The van der Waals surface area contributed by atoms with Crippen molar-refractivity contribution in [2.45, 2.75) is 32.2 Å². The number of carbonyl (C=O) groups is 1. The van der Waals surface area contributed by atoms with Gasteiger partial charge in [0.05, 0.1) is 11.8 Å². The van der Waals surface area contributed by atoms with Crippen LogP contribution in [0.15, 0.2) is 47.5 Å². The van der Waals surface area contributed by atoms with Gasteiger partial charge in [0.15, 0.2) is 0 Å². The zero-order valence-corrected chi connectivity index (χ0v) is 15.4. The molecule has 1 aromatic carbocycles. The Labute approximate surface area is 155 Å². The van der Waals surface area contributed by atoms with Crippen molar-refractivity contribution in [3.05, 3.63) is 53.1 Å². The molecule has 0 unspecified atom stereocenters. The SMILES string of the molecule is O=C(Cn1cnc2cc(-c3ccccc3)sc2c1=O)N1CCCCCC1. The number of hydrogen-bond donors (Lipinski definition) is 0. The van der Waals surface area contributed by atoms with Crippen LogP contribution in [-0.2, 0) is 11.3 Å². The molecule has 0 bridgehead atoms. The van der Waals surface area contributed by atoms with E-state index in [0.29, 0.717) is 10.2 Å². The van der Waals surface area contributed by atoms with Gasteiger partial charge in [-0.1, -0.05) is 43.2 Å². The van der Waals surface area contributed by atoms with Crippen molar-refractivity contribution >= 4 is 27.5 Å². The molecular weight excluding hydrogens is 346 g/mol. The third-order valence-electron chi connectivity index (χ3n) is 4.83. The molecule has 1 fully saturated rings. The quantitative estimate of drug-likeness (QED) is 0.712. The van der Waals surface area contributed by atoms with Crippen LogP contribution in [0.2, 0.25) is 0 Å². The van der Waals surface area contributed by atoms with Crippen molar-refractivity contribution in [3.8, 4) is 10.4 Å². The fraction of sp³-hybridized carbons (Fsp3) is 0.350. The first kappa shape index (κ1) is 17.0. The maximum absolute atomic E-state index is 12.8. The van der Waals surface area contributed by atoms with Crippen LogP contribution < -0.4 is 5.56 Å². The van der Waals surface area contributed by atoms with Crippen LogP contribution in [0, 0.1) is 0 Å². The zero-order valence-electron chi connectivity index (χ0n) is 14.6. The minimum absolute atomic E-state index is 0.00925. The van der Waals surface area contributed by atoms with Crippen LogP contribution >= 0.6 is 11.3 Å². The van der Waals surface area contributed by atoms with Gasteiger partial charge in [0, 0.05) is 18.0 Å². The van der Waals surface area contributed by atoms with Crippen LogP contribution in [-0.4, -0.2) is 33.4 Å². The molecule has 1 saturated heterocycles. The number of likely N-dealkylation sites (tertiary alicyclic amines) is 1. The minimum Gasteiger partial charge on any atom is -0.341 e. The smallest absolute Gasteiger partial charge is 0.271 e. The number of aromatic nitrogens is 2. The Hall–Kier alpha value is -2.47. The Bertz CT molecular complexity index is 970. The van der Waals surface area contributed by atoms with Gasteiger partial charge in [-0.05, 0) is 24.5 Å². The molecule has 3 heterocycles. The molecule has 4 rings (SSSR count). The predicted octanol–water partition coefficient (Wildman–Crippen LogP) is 3.53. The second kappa shape index (κ2) is 7.41. The van der Waals surface area contributed by atoms with Crippen LogP contribution in [0.3, 0.4) is 0 Å². The van der Waals surface area contributed by atoms with Crippen LogP contribution in [0.4, 0.5) is 0 Å². The Morgan fingerprint density at radius 3 is 2.54 bits per heavy atom. The highest BCUT2D eigenvalue weighted by Gasteiger charge is 2.18. The number of rotatable bonds is 3. The van der Waals surface area contributed by atoms with Gasteiger partial charge in [-0.25, -0.2) is 4.98 Å². The molecular formula is C20H21N3O2S. The fourth-order valence-corrected chi connectivity index (χ4v) is 4.43. The molecule has 1 aliphatic rings. The molecule has 2 aromatic heterocycles. The van der Waals surface area contributed by atoms with E-state index >= 15 is 0 Å². The lowest BCUT2D eigenvalue weighted by Crippen LogP contribution is -2.37. The third kappa shape index (κ3) is 3.42. The number of benzene rings is 1. The van der Waals surface area contributed by atoms with Crippen molar-refractivity contribution in [1.29, 1.82) is 0 Å². The standard InChI is InChI=1S/C20H21N3O2S/c24-18(22-10-6-1-2-7-11-22)13-23-14-21-16-12-17(26-19(16)20(23)25)15-8-4-3-5-9-15/h3-5,8-9,12,14H,1-2,6-7,10-11,13H2. The molecule has 0 aliphatic carbocycles. The van der Waals surface area contributed by atoms with Gasteiger partial charge in [0.1, 0.15) is 11.2 Å². The molecule has 1 aliphatic heterocycles. The summed E-state index contributed by atoms with van der Waals surface area (Å²) in [5, 5.41) is 0. The average Bonchev–Trinajstić information content (AvgIpc) is 2.92. The van der Waals surface area contributed by atoms with E-state index in [2.05, 4.69) is 4.98 Å². The first-order valence-corrected chi connectivity index (χ1v) is 9.86. The number of nitrogens with zero attached hydrogens (tertiary/aromatic N) is 3. The molecule has 26 heavy (non-hydrogen) atoms. The first-order valence-electron chi connectivity index (χ1n) is 9.04. The first-order chi connectivity index (χ1) is 12.7. The van der Waals surface area contributed by atoms with E-state index in [0.717, 1.165) is 36.4 Å². The van der Waals surface area contributed by atoms with Crippen molar-refractivity contribution in [3.63, 3.8) is 0 Å². The summed E-state index contributed by atoms with van der Waals surface area (Å²) in [6.45, 7) is 1.65. The van der Waals surface area contributed by atoms with E-state index in [4.69, 9.17) is 0 Å². The molecule has 0 radical (unpaired) electrons. The highest BCUT2D eigenvalue weighted by Crippen LogP contribution is 2.30. The van der Waals surface area contributed by atoms with Gasteiger partial charge in [0.2, 0.25) is 5.91 Å². The lowest BCUT2D eigenvalue weighted by atomic mass is 10.2. The summed E-state index contributed by atoms with van der Waals surface area (Å²) < 4.78 is 2.05. The molecule has 0 saturated carbocycles. The highest BCUT2D eigenvalue weighted by molar-refractivity contribution is 7.22. The monoisotopic (exact) mass is 367 g/mol. The fourth-order valence-electron chi connectivity index (χ4n) is 3.37. The minimum atomic E-state index is -0.134. The molecule has 0 N–H and O–H groups in total. The van der Waals surface area contributed by atoms with E-state index in [-0.39, 0.29) is 18.0 Å². The number of hydrogen-bond acceptors (Lipinski definition) is 4. The van der Waals surface area contributed by atoms with Gasteiger partial charge < -0.3 is 4.90 Å². The van der Waals surface area contributed by atoms with Crippen molar-refractivity contribution in [2.24, 2.45) is 0 Å². The Morgan fingerprint density at radius 2 is 1.81 bits per heavy atom. The summed E-state index contributed by atoms with van der Waals surface area (Å²) >= 11 is 1.44. The van der Waals surface area contributed by atoms with Crippen LogP contribution in [0.5, 0.6) is 0 Å². The number of carbonyl (C=O) groups excluding carboxylic acids is 1. The molecule has 0 spiro atoms. The predicted molar refractivity (Wildman–Crippen MR) is 104 cm³/mol. The topological polar surface area (TPSA) is 55.2 Å². The molecule has 1 amide bonds. The normalized spacial score (nSPS) is 15.2. The second-order valence-corrected chi connectivity index (χ2v) is 7.72. The third-order valence-corrected chi connectivity index (χ3v) is 5.99. The van der Waals surface area contributed by atoms with Gasteiger partial charge in [-0.2, -0.15) is 0 Å². The van der Waals surface area contributed by atoms with Gasteiger partial charge >= 0.3 is 0 Å². The van der Waals surface area contributed by atoms with E-state index in [9.17, 15) is 9.59 Å². The molecule has 6 heteroatoms. The number of fused-ring (bicyclic) bond motifs is 1. The zero-order chi connectivity index (χ0) is 17.9. The Kier molecular flexibility index (Phi) is 4.84. The van der Waals surface area contributed by atoms with Crippen LogP contribution in [0.25, 0.3) is 20.7 Å². The number of thiophene rings is 1. The number of amides is 1. The van der Waals surface area contributed by atoms with Crippen LogP contribution in [0.1, 0.15) is 25.7 Å². The largest absolute Gasteiger partial charge is 0.341 e. The van der Waals surface area contributed by atoms with Crippen molar-refractivity contribution < 1.29 is 4.79 Å². The van der Waals surface area contributed by atoms with E-state index in [1.54, 1.807) is 0 Å². The lowest BCUT2D eigenvalue weighted by molar-refractivity contribution is -0.131. The Morgan fingerprint density at radius 1 is 1.08 bits per heavy atom. The summed E-state index contributed by atoms with van der Waals surface area (Å²) in [5.74, 6) is 0.00925. The average molecular weight is 367 g/mol. The molecule has 3 aromatic rings. The highest BCUT2D eigenvalue weighted by atomic mass is 32.1. The lowest BCUT2D eigenvalue weighted by Gasteiger charge is -2.20. The molecule has 134 valence electrons. The van der Waals surface area contributed by atoms with Gasteiger partial charge in [0.25, 0.3) is 5.56 Å². The maximum atomic E-state index is 12.8. The maximum Gasteiger partial charge on any atom is 0.271 e. The summed E-state index contributed by atoms with van der Waals surface area (Å²) in [7, 11) is 0. The summed E-state index contributed by atoms with van der Waals surface area (Å²) in [5.41, 5.74) is 1.63. The molecule has 0 atom stereocenters. The summed E-state index contributed by atoms with van der Waals surface area (Å²) in [4.78, 5) is 32.7. The van der Waals surface area contributed by atoms with E-state index in [1.165, 1.54) is 35.1 Å².